The molecule has 0 spiro atoms. The summed E-state index contributed by atoms with van der Waals surface area (Å²) in [6, 6.07) is 6.92. The zero-order valence-corrected chi connectivity index (χ0v) is 12.2. The van der Waals surface area contributed by atoms with Crippen LogP contribution in [-0.2, 0) is 0 Å². The van der Waals surface area contributed by atoms with Gasteiger partial charge in [-0.3, -0.25) is 4.90 Å². The van der Waals surface area contributed by atoms with E-state index in [1.165, 1.54) is 31.4 Å². The van der Waals surface area contributed by atoms with E-state index in [1.54, 1.807) is 12.1 Å². The molecule has 0 amide bonds. The predicted molar refractivity (Wildman–Crippen MR) is 79.4 cm³/mol. The third-order valence-corrected chi connectivity index (χ3v) is 3.94. The molecule has 4 heteroatoms. The molecule has 0 saturated carbocycles. The van der Waals surface area contributed by atoms with Gasteiger partial charge in [-0.1, -0.05) is 6.42 Å². The average Bonchev–Trinajstić information content (AvgIpc) is 2.46. The standard InChI is InChI=1S/C16H25FN2O/c1-13(18)16-5-2-3-10-19(16)11-4-12-20-15-8-6-14(17)7-9-15/h6-9,13,16H,2-5,10-12,18H2,1H3. The normalized spacial score (nSPS) is 21.6. The summed E-state index contributed by atoms with van der Waals surface area (Å²) >= 11 is 0. The first-order valence-electron chi connectivity index (χ1n) is 7.55. The number of benzene rings is 1. The van der Waals surface area contributed by atoms with Crippen LogP contribution in [0.2, 0.25) is 0 Å². The van der Waals surface area contributed by atoms with E-state index in [2.05, 4.69) is 11.8 Å². The molecular weight excluding hydrogens is 255 g/mol. The maximum absolute atomic E-state index is 12.8. The van der Waals surface area contributed by atoms with E-state index in [4.69, 9.17) is 10.5 Å². The molecule has 1 fully saturated rings. The van der Waals surface area contributed by atoms with Crippen LogP contribution in [0.3, 0.4) is 0 Å². The monoisotopic (exact) mass is 280 g/mol. The summed E-state index contributed by atoms with van der Waals surface area (Å²) in [5, 5.41) is 0. The van der Waals surface area contributed by atoms with Gasteiger partial charge in [0.25, 0.3) is 0 Å². The molecule has 20 heavy (non-hydrogen) atoms. The lowest BCUT2D eigenvalue weighted by Crippen LogP contribution is -2.49. The summed E-state index contributed by atoms with van der Waals surface area (Å²) in [7, 11) is 0. The van der Waals surface area contributed by atoms with E-state index in [0.717, 1.165) is 25.3 Å². The van der Waals surface area contributed by atoms with Gasteiger partial charge < -0.3 is 10.5 Å². The lowest BCUT2D eigenvalue weighted by atomic mass is 9.97. The Labute approximate surface area is 120 Å². The molecule has 1 aromatic rings. The summed E-state index contributed by atoms with van der Waals surface area (Å²) in [5.74, 6) is 0.499. The minimum absolute atomic E-state index is 0.230. The first kappa shape index (κ1) is 15.3. The summed E-state index contributed by atoms with van der Waals surface area (Å²) in [6.07, 6.45) is 4.73. The number of piperidine rings is 1. The Morgan fingerprint density at radius 1 is 1.35 bits per heavy atom. The fourth-order valence-electron chi connectivity index (χ4n) is 2.88. The molecule has 0 radical (unpaired) electrons. The largest absolute Gasteiger partial charge is 0.494 e. The Morgan fingerprint density at radius 3 is 2.80 bits per heavy atom. The molecule has 0 aromatic heterocycles. The van der Waals surface area contributed by atoms with E-state index in [0.29, 0.717) is 12.6 Å². The summed E-state index contributed by atoms with van der Waals surface area (Å²) in [5.41, 5.74) is 6.06. The Kier molecular flexibility index (Phi) is 5.80. The van der Waals surface area contributed by atoms with Gasteiger partial charge in [-0.15, -0.1) is 0 Å². The molecule has 1 saturated heterocycles. The fraction of sp³-hybridized carbons (Fsp3) is 0.625. The van der Waals surface area contributed by atoms with Crippen molar-refractivity contribution in [3.8, 4) is 5.75 Å². The van der Waals surface area contributed by atoms with Gasteiger partial charge in [-0.05, 0) is 57.0 Å². The quantitative estimate of drug-likeness (QED) is 0.814. The lowest BCUT2D eigenvalue weighted by molar-refractivity contribution is 0.122. The third kappa shape index (κ3) is 4.46. The van der Waals surface area contributed by atoms with E-state index < -0.39 is 0 Å². The minimum atomic E-state index is -0.231. The van der Waals surface area contributed by atoms with Crippen LogP contribution in [0, 0.1) is 5.82 Å². The van der Waals surface area contributed by atoms with Crippen LogP contribution in [0.4, 0.5) is 4.39 Å². The molecule has 2 unspecified atom stereocenters. The summed E-state index contributed by atoms with van der Waals surface area (Å²) in [4.78, 5) is 2.49. The lowest BCUT2D eigenvalue weighted by Gasteiger charge is -2.38. The van der Waals surface area contributed by atoms with Crippen LogP contribution in [0.1, 0.15) is 32.6 Å². The third-order valence-electron chi connectivity index (χ3n) is 3.94. The van der Waals surface area contributed by atoms with Gasteiger partial charge in [-0.25, -0.2) is 4.39 Å². The highest BCUT2D eigenvalue weighted by molar-refractivity contribution is 5.21. The van der Waals surface area contributed by atoms with Crippen molar-refractivity contribution in [3.63, 3.8) is 0 Å². The second kappa shape index (κ2) is 7.60. The number of halogens is 1. The van der Waals surface area contributed by atoms with Gasteiger partial charge in [-0.2, -0.15) is 0 Å². The zero-order chi connectivity index (χ0) is 14.4. The Hall–Kier alpha value is -1.13. The molecule has 2 N–H and O–H groups in total. The van der Waals surface area contributed by atoms with Crippen molar-refractivity contribution in [2.75, 3.05) is 19.7 Å². The molecular formula is C16H25FN2O. The number of hydrogen-bond acceptors (Lipinski definition) is 3. The summed E-state index contributed by atoms with van der Waals surface area (Å²) < 4.78 is 18.4. The van der Waals surface area contributed by atoms with Crippen LogP contribution in [-0.4, -0.2) is 36.7 Å². The molecule has 3 nitrogen and oxygen atoms in total. The van der Waals surface area contributed by atoms with Crippen LogP contribution >= 0.6 is 0 Å². The topological polar surface area (TPSA) is 38.5 Å². The van der Waals surface area contributed by atoms with Gasteiger partial charge in [0.2, 0.25) is 0 Å². The Balaban J connectivity index is 1.70. The molecule has 1 aromatic carbocycles. The maximum atomic E-state index is 12.8. The van der Waals surface area contributed by atoms with Crippen LogP contribution in [0.25, 0.3) is 0 Å². The predicted octanol–water partition coefficient (Wildman–Crippen LogP) is 2.80. The highest BCUT2D eigenvalue weighted by atomic mass is 19.1. The first-order chi connectivity index (χ1) is 9.66. The molecule has 0 bridgehead atoms. The van der Waals surface area contributed by atoms with Crippen LogP contribution in [0.5, 0.6) is 5.75 Å². The van der Waals surface area contributed by atoms with Crippen LogP contribution in [0.15, 0.2) is 24.3 Å². The Bertz CT molecular complexity index is 394. The van der Waals surface area contributed by atoms with E-state index in [9.17, 15) is 4.39 Å². The molecule has 0 aliphatic carbocycles. The van der Waals surface area contributed by atoms with Crippen LogP contribution < -0.4 is 10.5 Å². The van der Waals surface area contributed by atoms with Crippen molar-refractivity contribution < 1.29 is 9.13 Å². The SMILES string of the molecule is CC(N)C1CCCCN1CCCOc1ccc(F)cc1. The second-order valence-electron chi connectivity index (χ2n) is 5.61. The van der Waals surface area contributed by atoms with Gasteiger partial charge in [0.05, 0.1) is 6.61 Å². The van der Waals surface area contributed by atoms with Gasteiger partial charge in [0.1, 0.15) is 11.6 Å². The second-order valence-corrected chi connectivity index (χ2v) is 5.61. The molecule has 1 aliphatic heterocycles. The number of nitrogens with two attached hydrogens (primary N) is 1. The number of nitrogens with zero attached hydrogens (tertiary/aromatic N) is 1. The van der Waals surface area contributed by atoms with Gasteiger partial charge >= 0.3 is 0 Å². The Morgan fingerprint density at radius 2 is 2.10 bits per heavy atom. The molecule has 2 rings (SSSR count). The number of likely N-dealkylation sites (tertiary alicyclic amines) is 1. The molecule has 1 heterocycles. The van der Waals surface area contributed by atoms with Crippen molar-refractivity contribution in [1.82, 2.24) is 4.90 Å². The highest BCUT2D eigenvalue weighted by Gasteiger charge is 2.24. The molecule has 2 atom stereocenters. The smallest absolute Gasteiger partial charge is 0.123 e. The van der Waals surface area contributed by atoms with Crippen molar-refractivity contribution in [3.05, 3.63) is 30.1 Å². The highest BCUT2D eigenvalue weighted by Crippen LogP contribution is 2.19. The zero-order valence-electron chi connectivity index (χ0n) is 12.2. The van der Waals surface area contributed by atoms with Gasteiger partial charge in [0.15, 0.2) is 0 Å². The average molecular weight is 280 g/mol. The number of hydrogen-bond donors (Lipinski definition) is 1. The molecule has 1 aliphatic rings. The van der Waals surface area contributed by atoms with Crippen molar-refractivity contribution in [2.45, 2.75) is 44.7 Å². The van der Waals surface area contributed by atoms with Crippen molar-refractivity contribution in [1.29, 1.82) is 0 Å². The number of rotatable bonds is 6. The van der Waals surface area contributed by atoms with Crippen molar-refractivity contribution >= 4 is 0 Å². The van der Waals surface area contributed by atoms with E-state index in [1.807, 2.05) is 0 Å². The van der Waals surface area contributed by atoms with Crippen molar-refractivity contribution in [2.24, 2.45) is 5.73 Å². The number of ether oxygens (including phenoxy) is 1. The summed E-state index contributed by atoms with van der Waals surface area (Å²) in [6.45, 7) is 4.92. The van der Waals surface area contributed by atoms with E-state index in [-0.39, 0.29) is 11.9 Å². The van der Waals surface area contributed by atoms with E-state index >= 15 is 0 Å². The van der Waals surface area contributed by atoms with Gasteiger partial charge in [0, 0.05) is 18.6 Å². The minimum Gasteiger partial charge on any atom is -0.494 e. The molecule has 112 valence electrons. The first-order valence-corrected chi connectivity index (χ1v) is 7.55. The maximum Gasteiger partial charge on any atom is 0.123 e. The fourth-order valence-corrected chi connectivity index (χ4v) is 2.88.